The molecule has 1 rings (SSSR count). The van der Waals surface area contributed by atoms with Gasteiger partial charge in [0.05, 0.1) is 27.4 Å². The fraction of sp³-hybridized carbons (Fsp3) is 0.500. The van der Waals surface area contributed by atoms with Crippen LogP contribution in [0.4, 0.5) is 0 Å². The standard InChI is InChI=1S/C14H22N2O4/c1-15-10-14(17)16-5-4-6-20-13-8-11(18-2)7-12(9-13)19-3/h7-9,15H,4-6,10H2,1-3H3,(H,16,17). The van der Waals surface area contributed by atoms with Crippen molar-refractivity contribution in [1.29, 1.82) is 0 Å². The van der Waals surface area contributed by atoms with Crippen LogP contribution in [0.2, 0.25) is 0 Å². The van der Waals surface area contributed by atoms with Gasteiger partial charge in [0.2, 0.25) is 5.91 Å². The first-order valence-corrected chi connectivity index (χ1v) is 6.46. The molecular formula is C14H22N2O4. The zero-order valence-corrected chi connectivity index (χ0v) is 12.2. The second-order valence-electron chi connectivity index (χ2n) is 4.13. The summed E-state index contributed by atoms with van der Waals surface area (Å²) >= 11 is 0. The molecule has 0 fully saturated rings. The molecule has 0 aliphatic carbocycles. The molecule has 0 aliphatic rings. The van der Waals surface area contributed by atoms with Gasteiger partial charge in [-0.15, -0.1) is 0 Å². The molecular weight excluding hydrogens is 260 g/mol. The first-order valence-electron chi connectivity index (χ1n) is 6.46. The maximum absolute atomic E-state index is 11.2. The number of nitrogens with one attached hydrogen (secondary N) is 2. The Bertz CT molecular complexity index is 401. The van der Waals surface area contributed by atoms with E-state index in [-0.39, 0.29) is 5.91 Å². The monoisotopic (exact) mass is 282 g/mol. The van der Waals surface area contributed by atoms with Gasteiger partial charge in [0.15, 0.2) is 0 Å². The third-order valence-electron chi connectivity index (χ3n) is 2.57. The van der Waals surface area contributed by atoms with E-state index in [2.05, 4.69) is 10.6 Å². The van der Waals surface area contributed by atoms with Crippen molar-refractivity contribution in [3.05, 3.63) is 18.2 Å². The van der Waals surface area contributed by atoms with Crippen LogP contribution < -0.4 is 24.8 Å². The molecule has 0 saturated heterocycles. The van der Waals surface area contributed by atoms with Crippen LogP contribution in [0.15, 0.2) is 18.2 Å². The minimum absolute atomic E-state index is 0.0180. The molecule has 6 nitrogen and oxygen atoms in total. The second kappa shape index (κ2) is 9.03. The van der Waals surface area contributed by atoms with Crippen LogP contribution in [0.1, 0.15) is 6.42 Å². The third kappa shape index (κ3) is 5.79. The zero-order chi connectivity index (χ0) is 14.8. The minimum atomic E-state index is -0.0180. The lowest BCUT2D eigenvalue weighted by atomic mass is 10.3. The van der Waals surface area contributed by atoms with Gasteiger partial charge < -0.3 is 24.8 Å². The van der Waals surface area contributed by atoms with E-state index < -0.39 is 0 Å². The zero-order valence-electron chi connectivity index (χ0n) is 12.2. The van der Waals surface area contributed by atoms with E-state index in [9.17, 15) is 4.79 Å². The topological polar surface area (TPSA) is 68.8 Å². The molecule has 0 aliphatic heterocycles. The fourth-order valence-corrected chi connectivity index (χ4v) is 1.58. The summed E-state index contributed by atoms with van der Waals surface area (Å²) in [6.07, 6.45) is 0.731. The molecule has 0 radical (unpaired) electrons. The van der Waals surface area contributed by atoms with Crippen LogP contribution in [0.3, 0.4) is 0 Å². The number of ether oxygens (including phenoxy) is 3. The Morgan fingerprint density at radius 3 is 2.25 bits per heavy atom. The fourth-order valence-electron chi connectivity index (χ4n) is 1.58. The number of rotatable bonds is 9. The van der Waals surface area contributed by atoms with Gasteiger partial charge in [-0.05, 0) is 13.5 Å². The second-order valence-corrected chi connectivity index (χ2v) is 4.13. The summed E-state index contributed by atoms with van der Waals surface area (Å²) in [5.41, 5.74) is 0. The van der Waals surface area contributed by atoms with Gasteiger partial charge in [-0.2, -0.15) is 0 Å². The Labute approximate surface area is 119 Å². The molecule has 0 heterocycles. The van der Waals surface area contributed by atoms with E-state index in [1.807, 2.05) is 0 Å². The summed E-state index contributed by atoms with van der Waals surface area (Å²) < 4.78 is 15.9. The highest BCUT2D eigenvalue weighted by Gasteiger charge is 2.03. The molecule has 0 saturated carbocycles. The van der Waals surface area contributed by atoms with Crippen molar-refractivity contribution < 1.29 is 19.0 Å². The Hall–Kier alpha value is -1.95. The Morgan fingerprint density at radius 2 is 1.70 bits per heavy atom. The molecule has 6 heteroatoms. The highest BCUT2D eigenvalue weighted by atomic mass is 16.5. The quantitative estimate of drug-likeness (QED) is 0.656. The summed E-state index contributed by atoms with van der Waals surface area (Å²) in [5, 5.41) is 5.57. The number of hydrogen-bond acceptors (Lipinski definition) is 5. The van der Waals surface area contributed by atoms with Gasteiger partial charge in [-0.3, -0.25) is 4.79 Å². The molecule has 0 unspecified atom stereocenters. The van der Waals surface area contributed by atoms with Crippen molar-refractivity contribution in [2.45, 2.75) is 6.42 Å². The highest BCUT2D eigenvalue weighted by molar-refractivity contribution is 5.77. The largest absolute Gasteiger partial charge is 0.496 e. The Morgan fingerprint density at radius 1 is 1.10 bits per heavy atom. The van der Waals surface area contributed by atoms with Crippen LogP contribution in [-0.4, -0.2) is 46.9 Å². The highest BCUT2D eigenvalue weighted by Crippen LogP contribution is 2.27. The lowest BCUT2D eigenvalue weighted by Gasteiger charge is -2.10. The Balaban J connectivity index is 2.33. The van der Waals surface area contributed by atoms with Crippen LogP contribution in [0.5, 0.6) is 17.2 Å². The van der Waals surface area contributed by atoms with E-state index in [4.69, 9.17) is 14.2 Å². The van der Waals surface area contributed by atoms with Crippen molar-refractivity contribution in [3.63, 3.8) is 0 Å². The molecule has 0 aromatic heterocycles. The number of hydrogen-bond donors (Lipinski definition) is 2. The lowest BCUT2D eigenvalue weighted by molar-refractivity contribution is -0.120. The van der Waals surface area contributed by atoms with E-state index in [0.717, 1.165) is 6.42 Å². The van der Waals surface area contributed by atoms with E-state index in [1.54, 1.807) is 39.5 Å². The van der Waals surface area contributed by atoms with Crippen LogP contribution in [0.25, 0.3) is 0 Å². The summed E-state index contributed by atoms with van der Waals surface area (Å²) in [6.45, 7) is 1.42. The summed E-state index contributed by atoms with van der Waals surface area (Å²) in [5.74, 6) is 2.03. The van der Waals surface area contributed by atoms with Crippen LogP contribution >= 0.6 is 0 Å². The predicted octanol–water partition coefficient (Wildman–Crippen LogP) is 0.808. The van der Waals surface area contributed by atoms with Gasteiger partial charge in [0.1, 0.15) is 17.2 Å². The number of likely N-dealkylation sites (N-methyl/N-ethyl adjacent to an activating group) is 1. The first-order chi connectivity index (χ1) is 9.69. The smallest absolute Gasteiger partial charge is 0.233 e. The molecule has 0 atom stereocenters. The van der Waals surface area contributed by atoms with Gasteiger partial charge in [-0.25, -0.2) is 0 Å². The SMILES string of the molecule is CNCC(=O)NCCCOc1cc(OC)cc(OC)c1. The molecule has 20 heavy (non-hydrogen) atoms. The van der Waals surface area contributed by atoms with Gasteiger partial charge in [0, 0.05) is 24.7 Å². The average molecular weight is 282 g/mol. The maximum atomic E-state index is 11.2. The van der Waals surface area contributed by atoms with Crippen molar-refractivity contribution >= 4 is 5.91 Å². The summed E-state index contributed by atoms with van der Waals surface area (Å²) in [4.78, 5) is 11.2. The summed E-state index contributed by atoms with van der Waals surface area (Å²) in [7, 11) is 4.92. The van der Waals surface area contributed by atoms with Crippen molar-refractivity contribution in [3.8, 4) is 17.2 Å². The van der Waals surface area contributed by atoms with Crippen LogP contribution in [0, 0.1) is 0 Å². The normalized spacial score (nSPS) is 9.95. The first kappa shape index (κ1) is 16.1. The molecule has 2 N–H and O–H groups in total. The number of carbonyl (C=O) groups is 1. The van der Waals surface area contributed by atoms with E-state index in [1.165, 1.54) is 0 Å². The molecule has 0 spiro atoms. The Kier molecular flexibility index (Phi) is 7.27. The van der Waals surface area contributed by atoms with E-state index >= 15 is 0 Å². The predicted molar refractivity (Wildman–Crippen MR) is 76.6 cm³/mol. The molecule has 112 valence electrons. The average Bonchev–Trinajstić information content (AvgIpc) is 2.46. The number of carbonyl (C=O) groups excluding carboxylic acids is 1. The van der Waals surface area contributed by atoms with Crippen molar-refractivity contribution in [2.75, 3.05) is 41.0 Å². The molecule has 0 bridgehead atoms. The molecule has 1 amide bonds. The molecule has 1 aromatic carbocycles. The van der Waals surface area contributed by atoms with Crippen molar-refractivity contribution in [1.82, 2.24) is 10.6 Å². The molecule has 1 aromatic rings. The van der Waals surface area contributed by atoms with Crippen molar-refractivity contribution in [2.24, 2.45) is 0 Å². The minimum Gasteiger partial charge on any atom is -0.496 e. The number of amides is 1. The summed E-state index contributed by atoms with van der Waals surface area (Å²) in [6, 6.07) is 5.37. The number of methoxy groups -OCH3 is 2. The number of benzene rings is 1. The van der Waals surface area contributed by atoms with Gasteiger partial charge in [-0.1, -0.05) is 0 Å². The maximum Gasteiger partial charge on any atom is 0.233 e. The third-order valence-corrected chi connectivity index (χ3v) is 2.57. The van der Waals surface area contributed by atoms with Crippen LogP contribution in [-0.2, 0) is 4.79 Å². The van der Waals surface area contributed by atoms with Gasteiger partial charge in [0.25, 0.3) is 0 Å². The lowest BCUT2D eigenvalue weighted by Crippen LogP contribution is -2.33. The van der Waals surface area contributed by atoms with Gasteiger partial charge >= 0.3 is 0 Å². The van der Waals surface area contributed by atoms with E-state index in [0.29, 0.717) is 36.9 Å².